The topological polar surface area (TPSA) is 0 Å². The van der Waals surface area contributed by atoms with E-state index in [1.54, 1.807) is 0 Å². The first-order valence-electron chi connectivity index (χ1n) is 5.51. The molecule has 0 aromatic carbocycles. The van der Waals surface area contributed by atoms with Gasteiger partial charge in [0.15, 0.2) is 0 Å². The number of rotatable bonds is 3. The predicted octanol–water partition coefficient (Wildman–Crippen LogP) is 4.39. The third-order valence-corrected chi connectivity index (χ3v) is 3.50. The van der Waals surface area contributed by atoms with E-state index in [1.165, 1.54) is 31.3 Å². The van der Waals surface area contributed by atoms with Crippen LogP contribution in [0.4, 0.5) is 0 Å². The van der Waals surface area contributed by atoms with E-state index >= 15 is 0 Å². The van der Waals surface area contributed by atoms with Crippen molar-refractivity contribution in [3.8, 4) is 0 Å². The number of alkyl halides is 1. The van der Waals surface area contributed by atoms with E-state index in [1.807, 2.05) is 0 Å². The third kappa shape index (κ3) is 3.72. The van der Waals surface area contributed by atoms with Crippen molar-refractivity contribution < 1.29 is 0 Å². The average molecular weight is 201 g/mol. The van der Waals surface area contributed by atoms with Gasteiger partial charge in [-0.2, -0.15) is 0 Å². The zero-order chi connectivity index (χ0) is 9.68. The van der Waals surface area contributed by atoms with Crippen LogP contribution in [0, 0.1) is 11.8 Å². The number of allylic oxidation sites excluding steroid dienone is 2. The zero-order valence-corrected chi connectivity index (χ0v) is 9.61. The molecule has 1 saturated carbocycles. The molecule has 13 heavy (non-hydrogen) atoms. The highest BCUT2D eigenvalue weighted by Crippen LogP contribution is 2.30. The van der Waals surface area contributed by atoms with Gasteiger partial charge in [-0.1, -0.05) is 38.3 Å². The summed E-state index contributed by atoms with van der Waals surface area (Å²) in [4.78, 5) is 0. The van der Waals surface area contributed by atoms with Crippen molar-refractivity contribution >= 4 is 11.6 Å². The van der Waals surface area contributed by atoms with Gasteiger partial charge in [0.25, 0.3) is 0 Å². The first-order chi connectivity index (χ1) is 6.26. The van der Waals surface area contributed by atoms with Crippen LogP contribution in [-0.2, 0) is 0 Å². The van der Waals surface area contributed by atoms with Crippen LogP contribution in [0.3, 0.4) is 0 Å². The van der Waals surface area contributed by atoms with Gasteiger partial charge in [0, 0.05) is 5.88 Å². The highest BCUT2D eigenvalue weighted by molar-refractivity contribution is 6.19. The van der Waals surface area contributed by atoms with E-state index in [0.29, 0.717) is 0 Å². The molecule has 76 valence electrons. The molecule has 0 amide bonds. The molecule has 0 aromatic rings. The monoisotopic (exact) mass is 200 g/mol. The van der Waals surface area contributed by atoms with Crippen LogP contribution in [-0.4, -0.2) is 5.88 Å². The molecular formula is C12H21Cl. The number of hydrogen-bond acceptors (Lipinski definition) is 0. The van der Waals surface area contributed by atoms with Gasteiger partial charge in [-0.25, -0.2) is 0 Å². The smallest absolute Gasteiger partial charge is 0.0433 e. The first kappa shape index (κ1) is 11.1. The van der Waals surface area contributed by atoms with Crippen LogP contribution < -0.4 is 0 Å². The van der Waals surface area contributed by atoms with Crippen LogP contribution >= 0.6 is 11.6 Å². The molecule has 0 aliphatic heterocycles. The minimum atomic E-state index is 0.725. The minimum absolute atomic E-state index is 0.725. The molecule has 0 N–H and O–H groups in total. The summed E-state index contributed by atoms with van der Waals surface area (Å²) in [6.07, 6.45) is 9.11. The Bertz CT molecular complexity index is 158. The van der Waals surface area contributed by atoms with Gasteiger partial charge in [-0.05, 0) is 31.1 Å². The van der Waals surface area contributed by atoms with Gasteiger partial charge in [-0.3, -0.25) is 0 Å². The summed E-state index contributed by atoms with van der Waals surface area (Å²) >= 11 is 5.85. The van der Waals surface area contributed by atoms with E-state index in [0.717, 1.165) is 24.1 Å². The second kappa shape index (κ2) is 5.70. The maximum absolute atomic E-state index is 5.85. The Labute approximate surface area is 87.4 Å². The summed E-state index contributed by atoms with van der Waals surface area (Å²) < 4.78 is 0. The number of halogens is 1. The molecule has 0 nitrogen and oxygen atoms in total. The molecule has 0 heterocycles. The molecule has 1 aliphatic rings. The molecule has 0 radical (unpaired) electrons. The molecule has 1 rings (SSSR count). The minimum Gasteiger partial charge on any atom is -0.122 e. The van der Waals surface area contributed by atoms with E-state index in [4.69, 9.17) is 11.6 Å². The summed E-state index contributed by atoms with van der Waals surface area (Å²) in [7, 11) is 0. The van der Waals surface area contributed by atoms with Crippen molar-refractivity contribution in [3.63, 3.8) is 0 Å². The van der Waals surface area contributed by atoms with Crippen LogP contribution in [0.25, 0.3) is 0 Å². The van der Waals surface area contributed by atoms with E-state index in [9.17, 15) is 0 Å². The van der Waals surface area contributed by atoms with Gasteiger partial charge in [0.2, 0.25) is 0 Å². The fourth-order valence-corrected chi connectivity index (χ4v) is 2.32. The second-order valence-corrected chi connectivity index (χ2v) is 4.60. The maximum Gasteiger partial charge on any atom is 0.0433 e. The van der Waals surface area contributed by atoms with E-state index < -0.39 is 0 Å². The summed E-state index contributed by atoms with van der Waals surface area (Å²) in [5, 5.41) is 0. The van der Waals surface area contributed by atoms with Crippen molar-refractivity contribution in [2.45, 2.75) is 46.0 Å². The van der Waals surface area contributed by atoms with Gasteiger partial charge in [-0.15, -0.1) is 11.6 Å². The lowest BCUT2D eigenvalue weighted by Gasteiger charge is -2.24. The molecule has 0 bridgehead atoms. The van der Waals surface area contributed by atoms with Crippen molar-refractivity contribution in [3.05, 3.63) is 11.6 Å². The quantitative estimate of drug-likeness (QED) is 0.468. The second-order valence-electron chi connectivity index (χ2n) is 4.33. The Hall–Kier alpha value is 0.0300. The largest absolute Gasteiger partial charge is 0.122 e. The van der Waals surface area contributed by atoms with Crippen molar-refractivity contribution in [2.75, 3.05) is 5.88 Å². The molecule has 1 aliphatic carbocycles. The molecule has 0 saturated heterocycles. The molecule has 0 aromatic heterocycles. The fourth-order valence-electron chi connectivity index (χ4n) is 2.04. The summed E-state index contributed by atoms with van der Waals surface area (Å²) in [5.41, 5.74) is 1.43. The molecule has 0 atom stereocenters. The summed E-state index contributed by atoms with van der Waals surface area (Å²) in [6.45, 7) is 4.56. The summed E-state index contributed by atoms with van der Waals surface area (Å²) in [5.74, 6) is 2.50. The lowest BCUT2D eigenvalue weighted by Crippen LogP contribution is -2.10. The van der Waals surface area contributed by atoms with Crippen LogP contribution in [0.15, 0.2) is 11.6 Å². The Balaban J connectivity index is 2.40. The third-order valence-electron chi connectivity index (χ3n) is 3.16. The molecule has 1 heteroatoms. The zero-order valence-electron chi connectivity index (χ0n) is 8.85. The molecule has 0 spiro atoms. The van der Waals surface area contributed by atoms with Gasteiger partial charge in [0.05, 0.1) is 0 Å². The standard InChI is InChI=1S/C12H21Cl/c1-3-11(9-13)8-12-6-4-10(2)5-7-12/h8,10,12H,3-7,9H2,1-2H3/b11-8+. The molecule has 0 unspecified atom stereocenters. The highest BCUT2D eigenvalue weighted by atomic mass is 35.5. The van der Waals surface area contributed by atoms with Crippen molar-refractivity contribution in [1.82, 2.24) is 0 Å². The average Bonchev–Trinajstić information content (AvgIpc) is 2.17. The van der Waals surface area contributed by atoms with Gasteiger partial charge in [0.1, 0.15) is 0 Å². The van der Waals surface area contributed by atoms with E-state index in [2.05, 4.69) is 19.9 Å². The lowest BCUT2D eigenvalue weighted by atomic mass is 9.82. The Morgan fingerprint density at radius 1 is 1.31 bits per heavy atom. The van der Waals surface area contributed by atoms with Crippen molar-refractivity contribution in [1.29, 1.82) is 0 Å². The molecule has 1 fully saturated rings. The predicted molar refractivity (Wildman–Crippen MR) is 60.2 cm³/mol. The first-order valence-corrected chi connectivity index (χ1v) is 6.05. The number of hydrogen-bond donors (Lipinski definition) is 0. The highest BCUT2D eigenvalue weighted by Gasteiger charge is 2.16. The normalized spacial score (nSPS) is 30.5. The van der Waals surface area contributed by atoms with Crippen molar-refractivity contribution in [2.24, 2.45) is 11.8 Å². The Morgan fingerprint density at radius 3 is 2.38 bits per heavy atom. The van der Waals surface area contributed by atoms with Crippen LogP contribution in [0.1, 0.15) is 46.0 Å². The van der Waals surface area contributed by atoms with Crippen LogP contribution in [0.2, 0.25) is 0 Å². The van der Waals surface area contributed by atoms with Crippen LogP contribution in [0.5, 0.6) is 0 Å². The Kier molecular flexibility index (Phi) is 4.87. The SMILES string of the molecule is CC/C(=C\C1CCC(C)CC1)CCl. The Morgan fingerprint density at radius 2 is 1.92 bits per heavy atom. The summed E-state index contributed by atoms with van der Waals surface area (Å²) in [6, 6.07) is 0. The van der Waals surface area contributed by atoms with Gasteiger partial charge >= 0.3 is 0 Å². The molecular weight excluding hydrogens is 180 g/mol. The fraction of sp³-hybridized carbons (Fsp3) is 0.833. The maximum atomic E-state index is 5.85. The van der Waals surface area contributed by atoms with Gasteiger partial charge < -0.3 is 0 Å². The lowest BCUT2D eigenvalue weighted by molar-refractivity contribution is 0.329. The van der Waals surface area contributed by atoms with E-state index in [-0.39, 0.29) is 0 Å².